The van der Waals surface area contributed by atoms with E-state index in [1.165, 1.54) is 13.1 Å². The Balaban J connectivity index is 1.58. The van der Waals surface area contributed by atoms with Crippen molar-refractivity contribution in [2.75, 3.05) is 10.5 Å². The lowest BCUT2D eigenvalue weighted by atomic mass is 10.0. The molecule has 5 aromatic rings. The predicted molar refractivity (Wildman–Crippen MR) is 141 cm³/mol. The van der Waals surface area contributed by atoms with Gasteiger partial charge in [-0.2, -0.15) is 0 Å². The van der Waals surface area contributed by atoms with Gasteiger partial charge < -0.3 is 10.5 Å². The number of sulfonamides is 1. The summed E-state index contributed by atoms with van der Waals surface area (Å²) in [6, 6.07) is 20.7. The molecule has 3 N–H and O–H groups in total. The van der Waals surface area contributed by atoms with Crippen molar-refractivity contribution in [2.45, 2.75) is 12.7 Å². The molecule has 0 radical (unpaired) electrons. The third-order valence-electron chi connectivity index (χ3n) is 5.71. The van der Waals surface area contributed by atoms with Crippen LogP contribution in [0.2, 0.25) is 0 Å². The van der Waals surface area contributed by atoms with E-state index < -0.39 is 15.8 Å². The maximum absolute atomic E-state index is 15.8. The summed E-state index contributed by atoms with van der Waals surface area (Å²) in [4.78, 5) is 12.5. The molecule has 0 fully saturated rings. The van der Waals surface area contributed by atoms with Gasteiger partial charge >= 0.3 is 0 Å². The summed E-state index contributed by atoms with van der Waals surface area (Å²) in [6.07, 6.45) is 3.06. The topological polar surface area (TPSA) is 120 Å². The SMILES string of the molecule is Cc1c(F)c(NS(=O)(=O)Cc2ccccc2)c2ccccc2c1Oc1ncccc1-c1ccnc(N)n1. The third-order valence-corrected chi connectivity index (χ3v) is 6.94. The molecular formula is C27H22FN5O3S. The van der Waals surface area contributed by atoms with E-state index in [4.69, 9.17) is 10.5 Å². The standard InChI is InChI=1S/C27H22FN5O3S/c1-17-23(28)24(33-37(34,35)16-18-8-3-2-4-9-18)19-10-5-6-11-20(19)25(17)36-26-21(12-7-14-30-26)22-13-15-31-27(29)32-22/h2-15,33H,16H2,1H3,(H2,29,31,32). The molecule has 10 heteroatoms. The number of pyridine rings is 1. The normalized spacial score (nSPS) is 11.4. The first kappa shape index (κ1) is 24.1. The number of nitrogens with two attached hydrogens (primary N) is 1. The Labute approximate surface area is 213 Å². The van der Waals surface area contributed by atoms with Crippen molar-refractivity contribution >= 4 is 32.4 Å². The van der Waals surface area contributed by atoms with Gasteiger partial charge in [0.15, 0.2) is 5.82 Å². The lowest BCUT2D eigenvalue weighted by Crippen LogP contribution is -2.17. The monoisotopic (exact) mass is 515 g/mol. The van der Waals surface area contributed by atoms with Crippen molar-refractivity contribution < 1.29 is 17.5 Å². The van der Waals surface area contributed by atoms with Crippen LogP contribution in [0.1, 0.15) is 11.1 Å². The van der Waals surface area contributed by atoms with E-state index in [1.807, 2.05) is 0 Å². The van der Waals surface area contributed by atoms with Crippen LogP contribution in [0.15, 0.2) is 85.2 Å². The third kappa shape index (κ3) is 5.05. The van der Waals surface area contributed by atoms with Gasteiger partial charge in [-0.25, -0.2) is 27.8 Å². The fourth-order valence-electron chi connectivity index (χ4n) is 4.01. The Morgan fingerprint density at radius 3 is 2.41 bits per heavy atom. The van der Waals surface area contributed by atoms with Gasteiger partial charge in [0.25, 0.3) is 0 Å². The average Bonchev–Trinajstić information content (AvgIpc) is 2.89. The largest absolute Gasteiger partial charge is 0.437 e. The summed E-state index contributed by atoms with van der Waals surface area (Å²) in [5.41, 5.74) is 7.34. The number of hydrogen-bond acceptors (Lipinski definition) is 7. The van der Waals surface area contributed by atoms with Crippen molar-refractivity contribution in [3.8, 4) is 22.9 Å². The molecule has 2 heterocycles. The Hall–Kier alpha value is -4.57. The Kier molecular flexibility index (Phi) is 6.41. The van der Waals surface area contributed by atoms with Crippen LogP contribution in [-0.4, -0.2) is 23.4 Å². The molecule has 0 amide bonds. The summed E-state index contributed by atoms with van der Waals surface area (Å²) in [6.45, 7) is 1.53. The summed E-state index contributed by atoms with van der Waals surface area (Å²) in [7, 11) is -3.91. The van der Waals surface area contributed by atoms with E-state index in [2.05, 4.69) is 19.7 Å². The minimum absolute atomic E-state index is 0.0899. The van der Waals surface area contributed by atoms with Gasteiger partial charge in [-0.1, -0.05) is 54.6 Å². The molecule has 0 bridgehead atoms. The van der Waals surface area contributed by atoms with Crippen LogP contribution >= 0.6 is 0 Å². The number of ether oxygens (including phenoxy) is 1. The average molecular weight is 516 g/mol. The number of anilines is 2. The molecule has 3 aromatic carbocycles. The van der Waals surface area contributed by atoms with Gasteiger partial charge in [-0.05, 0) is 30.7 Å². The number of benzene rings is 3. The van der Waals surface area contributed by atoms with E-state index in [-0.39, 0.29) is 34.6 Å². The second-order valence-electron chi connectivity index (χ2n) is 8.29. The molecule has 0 aliphatic carbocycles. The minimum atomic E-state index is -3.91. The van der Waals surface area contributed by atoms with Crippen LogP contribution in [0, 0.1) is 12.7 Å². The van der Waals surface area contributed by atoms with Gasteiger partial charge in [0, 0.05) is 28.7 Å². The summed E-state index contributed by atoms with van der Waals surface area (Å²) in [5.74, 6) is -0.550. The molecule has 0 aliphatic rings. The second-order valence-corrected chi connectivity index (χ2v) is 10.0. The minimum Gasteiger partial charge on any atom is -0.437 e. The van der Waals surface area contributed by atoms with Gasteiger partial charge in [-0.15, -0.1) is 0 Å². The van der Waals surface area contributed by atoms with Gasteiger partial charge in [-0.3, -0.25) is 4.72 Å². The molecule has 0 saturated carbocycles. The highest BCUT2D eigenvalue weighted by molar-refractivity contribution is 7.91. The zero-order valence-electron chi connectivity index (χ0n) is 19.7. The number of nitrogens with one attached hydrogen (secondary N) is 1. The van der Waals surface area contributed by atoms with E-state index in [0.717, 1.165) is 0 Å². The number of hydrogen-bond donors (Lipinski definition) is 2. The molecule has 5 rings (SSSR count). The van der Waals surface area contributed by atoms with Crippen molar-refractivity contribution in [3.05, 3.63) is 102 Å². The first-order valence-corrected chi connectivity index (χ1v) is 12.9. The molecule has 0 unspecified atom stereocenters. The predicted octanol–water partition coefficient (Wildman–Crippen LogP) is 5.46. The highest BCUT2D eigenvalue weighted by atomic mass is 32.2. The Morgan fingerprint density at radius 2 is 1.65 bits per heavy atom. The van der Waals surface area contributed by atoms with E-state index in [0.29, 0.717) is 27.6 Å². The quantitative estimate of drug-likeness (QED) is 0.295. The maximum Gasteiger partial charge on any atom is 0.237 e. The van der Waals surface area contributed by atoms with Gasteiger partial charge in [0.2, 0.25) is 21.9 Å². The van der Waals surface area contributed by atoms with Crippen molar-refractivity contribution in [3.63, 3.8) is 0 Å². The van der Waals surface area contributed by atoms with Crippen LogP contribution in [0.25, 0.3) is 22.0 Å². The van der Waals surface area contributed by atoms with Crippen LogP contribution in [0.5, 0.6) is 11.6 Å². The number of nitrogen functional groups attached to an aromatic ring is 1. The van der Waals surface area contributed by atoms with Crippen LogP contribution < -0.4 is 15.2 Å². The van der Waals surface area contributed by atoms with E-state index in [1.54, 1.807) is 79.0 Å². The highest BCUT2D eigenvalue weighted by Crippen LogP contribution is 2.42. The second kappa shape index (κ2) is 9.82. The molecule has 186 valence electrons. The molecule has 0 aliphatic heterocycles. The number of rotatable bonds is 7. The molecule has 0 atom stereocenters. The Bertz CT molecular complexity index is 1710. The number of halogens is 1. The summed E-state index contributed by atoms with van der Waals surface area (Å²) in [5, 5.41) is 0.860. The first-order valence-electron chi connectivity index (χ1n) is 11.3. The van der Waals surface area contributed by atoms with E-state index in [9.17, 15) is 8.42 Å². The fraction of sp³-hybridized carbons (Fsp3) is 0.0741. The smallest absolute Gasteiger partial charge is 0.237 e. The van der Waals surface area contributed by atoms with Gasteiger partial charge in [0.05, 0.1) is 22.7 Å². The van der Waals surface area contributed by atoms with Crippen molar-refractivity contribution in [1.82, 2.24) is 15.0 Å². The molecule has 0 saturated heterocycles. The number of aromatic nitrogens is 3. The zero-order chi connectivity index (χ0) is 26.0. The van der Waals surface area contributed by atoms with Crippen LogP contribution in [0.4, 0.5) is 16.0 Å². The molecule has 2 aromatic heterocycles. The number of fused-ring (bicyclic) bond motifs is 1. The van der Waals surface area contributed by atoms with Crippen molar-refractivity contribution in [2.24, 2.45) is 0 Å². The molecular weight excluding hydrogens is 493 g/mol. The Morgan fingerprint density at radius 1 is 0.919 bits per heavy atom. The highest BCUT2D eigenvalue weighted by Gasteiger charge is 2.23. The van der Waals surface area contributed by atoms with Crippen LogP contribution in [-0.2, 0) is 15.8 Å². The summed E-state index contributed by atoms with van der Waals surface area (Å²) >= 11 is 0. The fourth-order valence-corrected chi connectivity index (χ4v) is 5.22. The molecule has 0 spiro atoms. The van der Waals surface area contributed by atoms with Gasteiger partial charge in [0.1, 0.15) is 5.75 Å². The lowest BCUT2D eigenvalue weighted by molar-refractivity contribution is 0.461. The first-order chi connectivity index (χ1) is 17.8. The van der Waals surface area contributed by atoms with Crippen LogP contribution in [0.3, 0.4) is 0 Å². The molecule has 8 nitrogen and oxygen atoms in total. The lowest BCUT2D eigenvalue weighted by Gasteiger charge is -2.18. The number of nitrogens with zero attached hydrogens (tertiary/aromatic N) is 3. The van der Waals surface area contributed by atoms with E-state index >= 15 is 4.39 Å². The zero-order valence-corrected chi connectivity index (χ0v) is 20.5. The maximum atomic E-state index is 15.8. The molecule has 37 heavy (non-hydrogen) atoms. The van der Waals surface area contributed by atoms with Crippen molar-refractivity contribution in [1.29, 1.82) is 0 Å². The summed E-state index contributed by atoms with van der Waals surface area (Å²) < 4.78 is 50.3.